The number of pyridine rings is 1. The average Bonchev–Trinajstić information content (AvgIpc) is 3.86. The van der Waals surface area contributed by atoms with E-state index in [1.54, 1.807) is 0 Å². The van der Waals surface area contributed by atoms with Gasteiger partial charge in [0, 0.05) is 87.0 Å². The van der Waals surface area contributed by atoms with Crippen LogP contribution >= 0.6 is 0 Å². The van der Waals surface area contributed by atoms with Gasteiger partial charge in [-0.25, -0.2) is 4.98 Å². The first-order chi connectivity index (χ1) is 30.3. The Balaban J connectivity index is 1.05. The molecule has 0 bridgehead atoms. The smallest absolute Gasteiger partial charge is 0.121 e. The second-order valence-corrected chi connectivity index (χ2v) is 16.7. The topological polar surface area (TPSA) is 63.3 Å². The maximum absolute atomic E-state index is 5.36. The van der Waals surface area contributed by atoms with Crippen LogP contribution in [0.2, 0.25) is 0 Å². The predicted molar refractivity (Wildman–Crippen MR) is 250 cm³/mol. The van der Waals surface area contributed by atoms with Crippen molar-refractivity contribution >= 4 is 45.1 Å². The Kier molecular flexibility index (Phi) is 8.65. The van der Waals surface area contributed by atoms with Gasteiger partial charge >= 0.3 is 0 Å². The number of para-hydroxylation sites is 5. The summed E-state index contributed by atoms with van der Waals surface area (Å²) in [4.78, 5) is 17.3. The first-order valence-corrected chi connectivity index (χ1v) is 21.7. The maximum atomic E-state index is 5.36. The zero-order valence-corrected chi connectivity index (χ0v) is 33.8. The van der Waals surface area contributed by atoms with Crippen molar-refractivity contribution in [3.8, 4) is 16.8 Å². The molecule has 3 aromatic heterocycles. The molecular formula is C54H45N7. The van der Waals surface area contributed by atoms with E-state index in [0.29, 0.717) is 6.54 Å². The highest BCUT2D eigenvalue weighted by molar-refractivity contribution is 6.10. The number of rotatable bonds is 6. The first kappa shape index (κ1) is 35.7. The number of benzene rings is 4. The monoisotopic (exact) mass is 791 g/mol. The molecule has 0 saturated heterocycles. The summed E-state index contributed by atoms with van der Waals surface area (Å²) in [6.45, 7) is 0.714. The number of anilines is 1. The molecule has 3 aliphatic heterocycles. The highest BCUT2D eigenvalue weighted by Crippen LogP contribution is 2.52. The molecule has 4 atom stereocenters. The largest absolute Gasteiger partial charge is 0.377 e. The lowest BCUT2D eigenvalue weighted by atomic mass is 9.88. The number of aromatic nitrogens is 4. The molecule has 1 N–H and O–H groups in total. The third kappa shape index (κ3) is 5.98. The van der Waals surface area contributed by atoms with Crippen LogP contribution in [0.4, 0.5) is 5.69 Å². The Morgan fingerprint density at radius 3 is 2.49 bits per heavy atom. The minimum Gasteiger partial charge on any atom is -0.377 e. The molecule has 7 heteroatoms. The van der Waals surface area contributed by atoms with Crippen LogP contribution in [-0.4, -0.2) is 37.9 Å². The van der Waals surface area contributed by atoms with Crippen molar-refractivity contribution in [2.45, 2.75) is 43.7 Å². The molecule has 0 fully saturated rings. The van der Waals surface area contributed by atoms with E-state index >= 15 is 0 Å². The van der Waals surface area contributed by atoms with Crippen LogP contribution < -0.4 is 10.2 Å². The fourth-order valence-corrected chi connectivity index (χ4v) is 10.4. The van der Waals surface area contributed by atoms with Crippen molar-refractivity contribution in [3.63, 3.8) is 0 Å². The van der Waals surface area contributed by atoms with Crippen LogP contribution in [0.15, 0.2) is 193 Å². The standard InChI is InChI=1S/C54H45N7/c1-2-18-39(19-3-1)61-51-28-11-7-24-45(51)58-54(61)36-15-12-20-40(31-36)59-48-25-8-4-21-42(48)52-43-22-5-9-26-49(43)60(53(52)44-23-6-10-27-50(44)59)41-32-46(37-16-13-29-55-34-37)57-47(33-41)38-17-14-30-56-35-38/h1-9,11-19,21-26,28-30,32-34,36,38,40,46,57H,10,20,27,31,35H2. The summed E-state index contributed by atoms with van der Waals surface area (Å²) in [6, 6.07) is 41.8. The van der Waals surface area contributed by atoms with Gasteiger partial charge in [0.15, 0.2) is 0 Å². The van der Waals surface area contributed by atoms with Gasteiger partial charge in [-0.1, -0.05) is 103 Å². The second kappa shape index (κ2) is 14.8. The van der Waals surface area contributed by atoms with Gasteiger partial charge in [-0.15, -0.1) is 0 Å². The molecule has 0 spiro atoms. The summed E-state index contributed by atoms with van der Waals surface area (Å²) in [5.41, 5.74) is 15.7. The molecule has 0 amide bonds. The quantitative estimate of drug-likeness (QED) is 0.170. The number of imidazole rings is 1. The molecule has 2 aliphatic carbocycles. The van der Waals surface area contributed by atoms with E-state index in [1.807, 2.05) is 24.7 Å². The van der Waals surface area contributed by atoms with Crippen LogP contribution in [0.1, 0.15) is 54.7 Å². The lowest BCUT2D eigenvalue weighted by Crippen LogP contribution is -2.38. The molecule has 7 nitrogen and oxygen atoms in total. The molecule has 4 aromatic carbocycles. The minimum atomic E-state index is -0.0595. The lowest BCUT2D eigenvalue weighted by Gasteiger charge is -2.40. The highest BCUT2D eigenvalue weighted by Gasteiger charge is 2.38. The van der Waals surface area contributed by atoms with Gasteiger partial charge < -0.3 is 14.8 Å². The van der Waals surface area contributed by atoms with Gasteiger partial charge in [-0.2, -0.15) is 0 Å². The molecule has 7 aromatic rings. The van der Waals surface area contributed by atoms with Gasteiger partial charge in [0.1, 0.15) is 5.82 Å². The number of hydrogen-bond donors (Lipinski definition) is 1. The Morgan fingerprint density at radius 1 is 0.754 bits per heavy atom. The van der Waals surface area contributed by atoms with Gasteiger partial charge in [0.05, 0.1) is 34.8 Å². The van der Waals surface area contributed by atoms with Crippen LogP contribution in [-0.2, 0) is 0 Å². The molecule has 12 rings (SSSR count). The fraction of sp³-hybridized carbons (Fsp3) is 0.167. The summed E-state index contributed by atoms with van der Waals surface area (Å²) in [6.07, 6.45) is 28.3. The van der Waals surface area contributed by atoms with E-state index in [-0.39, 0.29) is 23.9 Å². The van der Waals surface area contributed by atoms with Crippen LogP contribution in [0.5, 0.6) is 0 Å². The van der Waals surface area contributed by atoms with Gasteiger partial charge in [0.2, 0.25) is 0 Å². The zero-order valence-electron chi connectivity index (χ0n) is 33.8. The van der Waals surface area contributed by atoms with E-state index in [1.165, 1.54) is 44.7 Å². The van der Waals surface area contributed by atoms with Crippen molar-refractivity contribution in [1.82, 2.24) is 24.4 Å². The van der Waals surface area contributed by atoms with Crippen molar-refractivity contribution in [3.05, 3.63) is 205 Å². The van der Waals surface area contributed by atoms with Crippen LogP contribution in [0, 0.1) is 5.92 Å². The third-order valence-electron chi connectivity index (χ3n) is 13.1. The number of allylic oxidation sites excluding steroid dienone is 8. The molecule has 61 heavy (non-hydrogen) atoms. The summed E-state index contributed by atoms with van der Waals surface area (Å²) >= 11 is 0. The summed E-state index contributed by atoms with van der Waals surface area (Å²) < 4.78 is 4.94. The molecule has 4 unspecified atom stereocenters. The predicted octanol–water partition coefficient (Wildman–Crippen LogP) is 11.8. The Bertz CT molecular complexity index is 3060. The number of aliphatic imine (C=N–C) groups is 1. The van der Waals surface area contributed by atoms with E-state index < -0.39 is 0 Å². The Morgan fingerprint density at radius 2 is 1.61 bits per heavy atom. The van der Waals surface area contributed by atoms with Crippen LogP contribution in [0.25, 0.3) is 50.0 Å². The summed E-state index contributed by atoms with van der Waals surface area (Å²) in [5, 5.41) is 5.15. The number of dihydropyridines is 2. The van der Waals surface area contributed by atoms with E-state index in [4.69, 9.17) is 4.98 Å². The summed E-state index contributed by atoms with van der Waals surface area (Å²) in [5.74, 6) is 1.38. The second-order valence-electron chi connectivity index (χ2n) is 16.7. The van der Waals surface area contributed by atoms with Crippen molar-refractivity contribution < 1.29 is 0 Å². The maximum Gasteiger partial charge on any atom is 0.121 e. The first-order valence-electron chi connectivity index (χ1n) is 21.7. The number of nitrogens with one attached hydrogen (secondary N) is 1. The van der Waals surface area contributed by atoms with E-state index in [2.05, 4.69) is 187 Å². The van der Waals surface area contributed by atoms with Gasteiger partial charge in [-0.05, 0) is 91.9 Å². The van der Waals surface area contributed by atoms with Crippen molar-refractivity contribution in [2.24, 2.45) is 10.9 Å². The molecule has 0 radical (unpaired) electrons. The molecular weight excluding hydrogens is 747 g/mol. The number of nitrogens with zero attached hydrogens (tertiary/aromatic N) is 6. The van der Waals surface area contributed by atoms with Gasteiger partial charge in [0.25, 0.3) is 0 Å². The Hall–Kier alpha value is -7.25. The van der Waals surface area contributed by atoms with E-state index in [0.717, 1.165) is 65.2 Å². The Labute approximate surface area is 355 Å². The van der Waals surface area contributed by atoms with Crippen LogP contribution in [0.3, 0.4) is 0 Å². The van der Waals surface area contributed by atoms with Crippen molar-refractivity contribution in [1.29, 1.82) is 0 Å². The molecule has 5 aliphatic rings. The molecule has 6 heterocycles. The number of hydrogen-bond acceptors (Lipinski definition) is 5. The fourth-order valence-electron chi connectivity index (χ4n) is 10.4. The minimum absolute atomic E-state index is 0.0595. The van der Waals surface area contributed by atoms with E-state index in [9.17, 15) is 0 Å². The zero-order chi connectivity index (χ0) is 40.3. The SMILES string of the molecule is C1=CC(C2=CC(n3c4c(c5ccccc53)-c3ccccc3N(C3CC=CC(c5nc6ccccc6n5-c5ccccc5)C3)C3=C4C=CCC3)=CC(c3cccnc3)N2)CN=C1. The van der Waals surface area contributed by atoms with Gasteiger partial charge in [-0.3, -0.25) is 14.5 Å². The highest BCUT2D eigenvalue weighted by atomic mass is 15.2. The summed E-state index contributed by atoms with van der Waals surface area (Å²) in [7, 11) is 0. The van der Waals surface area contributed by atoms with Crippen molar-refractivity contribution in [2.75, 3.05) is 11.4 Å². The number of fused-ring (bicyclic) bond motifs is 7. The lowest BCUT2D eigenvalue weighted by molar-refractivity contribution is 0.516. The third-order valence-corrected chi connectivity index (χ3v) is 13.1. The normalized spacial score (nSPS) is 21.7. The molecule has 0 saturated carbocycles. The molecule has 296 valence electrons. The average molecular weight is 792 g/mol.